The number of carbonyl (C=O) groups excluding carboxylic acids is 1. The van der Waals surface area contributed by atoms with Crippen molar-refractivity contribution < 1.29 is 9.18 Å². The summed E-state index contributed by atoms with van der Waals surface area (Å²) in [7, 11) is 0. The number of carbonyl (C=O) groups is 1. The zero-order valence-corrected chi connectivity index (χ0v) is 11.4. The van der Waals surface area contributed by atoms with E-state index in [0.717, 1.165) is 6.07 Å². The largest absolute Gasteiger partial charge is 0.382 e. The van der Waals surface area contributed by atoms with Crippen LogP contribution < -0.4 is 5.73 Å². The maximum absolute atomic E-state index is 13.9. The number of nitrogens with one attached hydrogen (secondary N) is 1. The second-order valence-electron chi connectivity index (χ2n) is 4.44. The standard InChI is InChI=1S/C14H14FN5O/c1-2-20(14(21)12-6-13(17)19-18-12)8-10-4-3-9(7-16)5-11(10)15/h3-6H,2,8H2,1H3,(H3,17,18,19). The number of H-pyrrole nitrogens is 1. The minimum atomic E-state index is -0.510. The molecule has 0 bridgehead atoms. The van der Waals surface area contributed by atoms with Gasteiger partial charge in [0.05, 0.1) is 11.6 Å². The summed E-state index contributed by atoms with van der Waals surface area (Å²) in [5.74, 6) is -0.603. The maximum Gasteiger partial charge on any atom is 0.272 e. The Kier molecular flexibility index (Phi) is 4.18. The molecular weight excluding hydrogens is 273 g/mol. The van der Waals surface area contributed by atoms with Gasteiger partial charge < -0.3 is 10.6 Å². The van der Waals surface area contributed by atoms with Gasteiger partial charge in [-0.05, 0) is 19.1 Å². The fourth-order valence-corrected chi connectivity index (χ4v) is 1.90. The van der Waals surface area contributed by atoms with Crippen molar-refractivity contribution in [1.29, 1.82) is 5.26 Å². The Morgan fingerprint density at radius 1 is 1.52 bits per heavy atom. The smallest absolute Gasteiger partial charge is 0.272 e. The number of rotatable bonds is 4. The molecule has 0 radical (unpaired) electrons. The normalized spacial score (nSPS) is 10.1. The molecule has 0 atom stereocenters. The highest BCUT2D eigenvalue weighted by atomic mass is 19.1. The van der Waals surface area contributed by atoms with E-state index in [2.05, 4.69) is 10.2 Å². The summed E-state index contributed by atoms with van der Waals surface area (Å²) in [6.07, 6.45) is 0. The summed E-state index contributed by atoms with van der Waals surface area (Å²) in [6, 6.07) is 7.48. The molecule has 1 amide bonds. The highest BCUT2D eigenvalue weighted by molar-refractivity contribution is 5.92. The van der Waals surface area contributed by atoms with Gasteiger partial charge in [0.2, 0.25) is 0 Å². The topological polar surface area (TPSA) is 98.8 Å². The molecule has 2 rings (SSSR count). The number of hydrogen-bond donors (Lipinski definition) is 2. The summed E-state index contributed by atoms with van der Waals surface area (Å²) >= 11 is 0. The molecule has 3 N–H and O–H groups in total. The molecule has 0 unspecified atom stereocenters. The Morgan fingerprint density at radius 2 is 2.29 bits per heavy atom. The number of anilines is 1. The van der Waals surface area contributed by atoms with E-state index in [9.17, 15) is 9.18 Å². The molecule has 0 fully saturated rings. The molecule has 108 valence electrons. The Hall–Kier alpha value is -2.88. The Labute approximate surface area is 121 Å². The minimum Gasteiger partial charge on any atom is -0.382 e. The van der Waals surface area contributed by atoms with Crippen molar-refractivity contribution in [3.05, 3.63) is 46.9 Å². The predicted octanol–water partition coefficient (Wildman–Crippen LogP) is 1.66. The lowest BCUT2D eigenvalue weighted by molar-refractivity contribution is 0.0745. The molecule has 1 heterocycles. The van der Waals surface area contributed by atoms with Crippen molar-refractivity contribution in [2.24, 2.45) is 0 Å². The van der Waals surface area contributed by atoms with Crippen molar-refractivity contribution >= 4 is 11.7 Å². The molecule has 1 aromatic heterocycles. The SMILES string of the molecule is CCN(Cc1ccc(C#N)cc1F)C(=O)c1cc(N)n[nH]1. The molecule has 0 saturated heterocycles. The van der Waals surface area contributed by atoms with Gasteiger partial charge in [-0.25, -0.2) is 4.39 Å². The second kappa shape index (κ2) is 6.05. The van der Waals surface area contributed by atoms with Crippen LogP contribution in [0.5, 0.6) is 0 Å². The maximum atomic E-state index is 13.9. The summed E-state index contributed by atoms with van der Waals surface area (Å²) < 4.78 is 13.9. The van der Waals surface area contributed by atoms with Crippen molar-refractivity contribution in [3.63, 3.8) is 0 Å². The molecule has 7 heteroatoms. The van der Waals surface area contributed by atoms with E-state index in [4.69, 9.17) is 11.0 Å². The van der Waals surface area contributed by atoms with Gasteiger partial charge in [-0.15, -0.1) is 0 Å². The van der Waals surface area contributed by atoms with E-state index in [-0.39, 0.29) is 29.5 Å². The molecule has 0 aliphatic heterocycles. The number of benzene rings is 1. The van der Waals surface area contributed by atoms with Crippen LogP contribution in [0.15, 0.2) is 24.3 Å². The van der Waals surface area contributed by atoms with Crippen LogP contribution in [-0.2, 0) is 6.54 Å². The van der Waals surface area contributed by atoms with Crippen LogP contribution in [-0.4, -0.2) is 27.5 Å². The first-order chi connectivity index (χ1) is 10.0. The number of aromatic nitrogens is 2. The van der Waals surface area contributed by atoms with Gasteiger partial charge in [0, 0.05) is 24.7 Å². The molecule has 0 aliphatic rings. The van der Waals surface area contributed by atoms with Crippen LogP contribution in [0.4, 0.5) is 10.2 Å². The first kappa shape index (κ1) is 14.5. The average molecular weight is 287 g/mol. The molecule has 21 heavy (non-hydrogen) atoms. The van der Waals surface area contributed by atoms with E-state index in [1.54, 1.807) is 6.92 Å². The van der Waals surface area contributed by atoms with Crippen LogP contribution in [0.3, 0.4) is 0 Å². The van der Waals surface area contributed by atoms with Crippen LogP contribution in [0.25, 0.3) is 0 Å². The lowest BCUT2D eigenvalue weighted by atomic mass is 10.1. The number of nitrogen functional groups attached to an aromatic ring is 1. The molecule has 0 aliphatic carbocycles. The van der Waals surface area contributed by atoms with E-state index < -0.39 is 5.82 Å². The third-order valence-electron chi connectivity index (χ3n) is 3.04. The highest BCUT2D eigenvalue weighted by Crippen LogP contribution is 2.14. The quantitative estimate of drug-likeness (QED) is 0.893. The fourth-order valence-electron chi connectivity index (χ4n) is 1.90. The van der Waals surface area contributed by atoms with Crippen LogP contribution in [0.1, 0.15) is 28.5 Å². The predicted molar refractivity (Wildman–Crippen MR) is 74.5 cm³/mol. The zero-order chi connectivity index (χ0) is 15.4. The molecule has 0 saturated carbocycles. The second-order valence-corrected chi connectivity index (χ2v) is 4.44. The Bertz CT molecular complexity index is 704. The lowest BCUT2D eigenvalue weighted by Crippen LogP contribution is -2.31. The van der Waals surface area contributed by atoms with Gasteiger partial charge in [-0.3, -0.25) is 9.89 Å². The molecular formula is C14H14FN5O. The molecule has 1 aromatic carbocycles. The monoisotopic (exact) mass is 287 g/mol. The summed E-state index contributed by atoms with van der Waals surface area (Å²) in [5.41, 5.74) is 6.30. The first-order valence-electron chi connectivity index (χ1n) is 6.33. The van der Waals surface area contributed by atoms with E-state index in [1.165, 1.54) is 23.1 Å². The molecule has 6 nitrogen and oxygen atoms in total. The Morgan fingerprint density at radius 3 is 2.81 bits per heavy atom. The van der Waals surface area contributed by atoms with E-state index in [0.29, 0.717) is 12.1 Å². The van der Waals surface area contributed by atoms with Crippen molar-refractivity contribution in [1.82, 2.24) is 15.1 Å². The number of nitrogens with zero attached hydrogens (tertiary/aromatic N) is 3. The van der Waals surface area contributed by atoms with Crippen LogP contribution >= 0.6 is 0 Å². The average Bonchev–Trinajstić information content (AvgIpc) is 2.92. The summed E-state index contributed by atoms with van der Waals surface area (Å²) in [5, 5.41) is 14.9. The number of hydrogen-bond acceptors (Lipinski definition) is 4. The number of amides is 1. The highest BCUT2D eigenvalue weighted by Gasteiger charge is 2.18. The van der Waals surface area contributed by atoms with Gasteiger partial charge >= 0.3 is 0 Å². The van der Waals surface area contributed by atoms with Crippen LogP contribution in [0, 0.1) is 17.1 Å². The van der Waals surface area contributed by atoms with Gasteiger partial charge in [0.1, 0.15) is 17.3 Å². The third-order valence-corrected chi connectivity index (χ3v) is 3.04. The first-order valence-corrected chi connectivity index (χ1v) is 6.33. The zero-order valence-electron chi connectivity index (χ0n) is 11.4. The van der Waals surface area contributed by atoms with Crippen molar-refractivity contribution in [3.8, 4) is 6.07 Å². The van der Waals surface area contributed by atoms with E-state index >= 15 is 0 Å². The van der Waals surface area contributed by atoms with Crippen molar-refractivity contribution in [2.45, 2.75) is 13.5 Å². The van der Waals surface area contributed by atoms with Gasteiger partial charge in [0.25, 0.3) is 5.91 Å². The third kappa shape index (κ3) is 3.17. The number of nitriles is 1. The fraction of sp³-hybridized carbons (Fsp3) is 0.214. The van der Waals surface area contributed by atoms with Gasteiger partial charge in [-0.1, -0.05) is 6.07 Å². The van der Waals surface area contributed by atoms with Crippen molar-refractivity contribution in [2.75, 3.05) is 12.3 Å². The van der Waals surface area contributed by atoms with Gasteiger partial charge in [0.15, 0.2) is 0 Å². The molecule has 2 aromatic rings. The lowest BCUT2D eigenvalue weighted by Gasteiger charge is -2.20. The summed E-state index contributed by atoms with van der Waals surface area (Å²) in [6.45, 7) is 2.29. The minimum absolute atomic E-state index is 0.103. The van der Waals surface area contributed by atoms with Gasteiger partial charge in [-0.2, -0.15) is 10.4 Å². The molecule has 0 spiro atoms. The Balaban J connectivity index is 2.19. The van der Waals surface area contributed by atoms with E-state index in [1.807, 2.05) is 6.07 Å². The number of aromatic amines is 1. The summed E-state index contributed by atoms with van der Waals surface area (Å²) in [4.78, 5) is 13.7. The number of halogens is 1. The van der Waals surface area contributed by atoms with Crippen LogP contribution in [0.2, 0.25) is 0 Å². The number of nitrogens with two attached hydrogens (primary N) is 1.